The Hall–Kier alpha value is -1.31. The van der Waals surface area contributed by atoms with Crippen molar-refractivity contribution >= 4 is 10.4 Å². The lowest BCUT2D eigenvalue weighted by molar-refractivity contribution is -0.0984. The van der Waals surface area contributed by atoms with Crippen molar-refractivity contribution < 1.29 is 27.4 Å². The summed E-state index contributed by atoms with van der Waals surface area (Å²) < 4.78 is 38.7. The fraction of sp³-hybridized carbons (Fsp3) is 0.727. The number of rotatable bonds is 3. The SMILES string of the molecule is CC1(C)CCC[C@]2(C)[C@H]3Cc4c(OS(=O)(=O)[O-])c(O)cc(CO)c4[C@@]3(C)CC[C@@H]12. The first-order valence-corrected chi connectivity index (χ1v) is 11.8. The van der Waals surface area contributed by atoms with Gasteiger partial charge in [0.1, 0.15) is 0 Å². The van der Waals surface area contributed by atoms with Crippen LogP contribution in [0.4, 0.5) is 0 Å². The molecule has 0 radical (unpaired) electrons. The fourth-order valence-electron chi connectivity index (χ4n) is 7.60. The van der Waals surface area contributed by atoms with Gasteiger partial charge in [-0.2, -0.15) is 0 Å². The van der Waals surface area contributed by atoms with Gasteiger partial charge in [-0.15, -0.1) is 0 Å². The molecule has 0 bridgehead atoms. The van der Waals surface area contributed by atoms with Crippen molar-refractivity contribution in [1.82, 2.24) is 0 Å². The van der Waals surface area contributed by atoms with E-state index in [2.05, 4.69) is 27.7 Å². The number of hydrogen-bond donors (Lipinski definition) is 2. The van der Waals surface area contributed by atoms with Crippen molar-refractivity contribution in [3.63, 3.8) is 0 Å². The molecule has 2 saturated carbocycles. The Morgan fingerprint density at radius 1 is 1.17 bits per heavy atom. The molecule has 0 amide bonds. The van der Waals surface area contributed by atoms with E-state index >= 15 is 0 Å². The Balaban J connectivity index is 1.90. The van der Waals surface area contributed by atoms with Gasteiger partial charge in [0.25, 0.3) is 10.4 Å². The summed E-state index contributed by atoms with van der Waals surface area (Å²) in [7, 11) is -5.02. The molecule has 0 aliphatic heterocycles. The van der Waals surface area contributed by atoms with Gasteiger partial charge >= 0.3 is 0 Å². The number of fused-ring (bicyclic) bond motifs is 5. The Morgan fingerprint density at radius 3 is 2.48 bits per heavy atom. The van der Waals surface area contributed by atoms with E-state index in [0.29, 0.717) is 23.5 Å². The topological polar surface area (TPSA) is 107 Å². The molecule has 0 unspecified atom stereocenters. The Kier molecular flexibility index (Phi) is 4.58. The molecule has 3 aliphatic rings. The van der Waals surface area contributed by atoms with E-state index in [-0.39, 0.29) is 34.5 Å². The molecule has 0 spiro atoms. The number of hydrogen-bond acceptors (Lipinski definition) is 6. The standard InChI is InChI=1S/C22H32O6S/c1-20(2)7-5-8-21(3)16(20)6-9-22(4)17(21)11-14-18(22)13(12-23)10-15(24)19(14)28-29(25,26)27/h10,16-17,23-24H,5-9,11-12H2,1-4H3,(H,25,26,27)/p-1/t16-,17+,21-,22-/m0/s1. The van der Waals surface area contributed by atoms with Crippen LogP contribution in [0.5, 0.6) is 11.5 Å². The van der Waals surface area contributed by atoms with Gasteiger partial charge in [0.2, 0.25) is 0 Å². The number of aromatic hydroxyl groups is 1. The molecule has 2 fully saturated rings. The second-order valence-electron chi connectivity index (χ2n) is 10.5. The van der Waals surface area contributed by atoms with Gasteiger partial charge in [-0.05, 0) is 77.4 Å². The molecule has 4 atom stereocenters. The smallest absolute Gasteiger partial charge is 0.262 e. The van der Waals surface area contributed by atoms with E-state index < -0.39 is 16.1 Å². The molecule has 1 aromatic carbocycles. The minimum absolute atomic E-state index is 0.0593. The number of aliphatic hydroxyl groups excluding tert-OH is 1. The predicted octanol–water partition coefficient (Wildman–Crippen LogP) is 3.78. The van der Waals surface area contributed by atoms with Crippen LogP contribution < -0.4 is 4.18 Å². The summed E-state index contributed by atoms with van der Waals surface area (Å²) in [5.41, 5.74) is 2.07. The first-order valence-electron chi connectivity index (χ1n) is 10.5. The van der Waals surface area contributed by atoms with Crippen molar-refractivity contribution in [2.75, 3.05) is 0 Å². The summed E-state index contributed by atoms with van der Waals surface area (Å²) in [4.78, 5) is 0. The summed E-state index contributed by atoms with van der Waals surface area (Å²) in [5, 5.41) is 20.4. The molecule has 162 valence electrons. The zero-order chi connectivity index (χ0) is 21.4. The van der Waals surface area contributed by atoms with E-state index in [1.165, 1.54) is 12.5 Å². The summed E-state index contributed by atoms with van der Waals surface area (Å²) in [6.07, 6.45) is 5.99. The molecule has 1 aromatic rings. The third kappa shape index (κ3) is 3.00. The van der Waals surface area contributed by atoms with Crippen molar-refractivity contribution in [3.8, 4) is 11.5 Å². The molecule has 3 aliphatic carbocycles. The highest BCUT2D eigenvalue weighted by Crippen LogP contribution is 2.68. The predicted molar refractivity (Wildman–Crippen MR) is 107 cm³/mol. The lowest BCUT2D eigenvalue weighted by Gasteiger charge is -2.61. The van der Waals surface area contributed by atoms with Gasteiger partial charge in [-0.25, -0.2) is 8.42 Å². The normalized spacial score (nSPS) is 35.5. The fourth-order valence-corrected chi connectivity index (χ4v) is 7.99. The Morgan fingerprint density at radius 2 is 1.86 bits per heavy atom. The molecule has 6 nitrogen and oxygen atoms in total. The van der Waals surface area contributed by atoms with Crippen LogP contribution in [0.2, 0.25) is 0 Å². The van der Waals surface area contributed by atoms with E-state index in [1.807, 2.05) is 0 Å². The van der Waals surface area contributed by atoms with Crippen LogP contribution in [0.1, 0.15) is 76.5 Å². The molecular formula is C22H31O6S-. The maximum atomic E-state index is 11.3. The van der Waals surface area contributed by atoms with Crippen molar-refractivity contribution in [3.05, 3.63) is 22.8 Å². The van der Waals surface area contributed by atoms with Gasteiger partial charge in [0, 0.05) is 5.56 Å². The monoisotopic (exact) mass is 423 g/mol. The van der Waals surface area contributed by atoms with Gasteiger partial charge in [-0.3, -0.25) is 0 Å². The number of phenolic OH excluding ortho intramolecular Hbond substituents is 1. The van der Waals surface area contributed by atoms with Gasteiger partial charge in [-0.1, -0.05) is 34.1 Å². The van der Waals surface area contributed by atoms with Crippen molar-refractivity contribution in [2.45, 2.75) is 78.2 Å². The second kappa shape index (κ2) is 6.34. The average molecular weight is 424 g/mol. The minimum atomic E-state index is -5.02. The summed E-state index contributed by atoms with van der Waals surface area (Å²) in [6.45, 7) is 9.00. The largest absolute Gasteiger partial charge is 0.716 e. The molecule has 29 heavy (non-hydrogen) atoms. The minimum Gasteiger partial charge on any atom is -0.716 e. The molecular weight excluding hydrogens is 392 g/mol. The first-order chi connectivity index (χ1) is 13.3. The average Bonchev–Trinajstić information content (AvgIpc) is 2.90. The zero-order valence-electron chi connectivity index (χ0n) is 17.6. The Bertz CT molecular complexity index is 953. The molecule has 4 rings (SSSR count). The molecule has 0 heterocycles. The highest BCUT2D eigenvalue weighted by molar-refractivity contribution is 7.81. The number of benzene rings is 1. The zero-order valence-corrected chi connectivity index (χ0v) is 18.4. The first kappa shape index (κ1) is 20.9. The molecule has 0 aromatic heterocycles. The maximum Gasteiger partial charge on any atom is 0.262 e. The third-order valence-electron chi connectivity index (χ3n) is 8.57. The number of phenols is 1. The van der Waals surface area contributed by atoms with Crippen LogP contribution >= 0.6 is 0 Å². The highest BCUT2D eigenvalue weighted by atomic mass is 32.3. The lowest BCUT2D eigenvalue weighted by atomic mass is 9.43. The van der Waals surface area contributed by atoms with Crippen LogP contribution in [0.3, 0.4) is 0 Å². The van der Waals surface area contributed by atoms with Gasteiger partial charge < -0.3 is 18.9 Å². The van der Waals surface area contributed by atoms with Crippen LogP contribution in [0, 0.1) is 22.7 Å². The van der Waals surface area contributed by atoms with E-state index in [0.717, 1.165) is 31.2 Å². The Labute approximate surface area is 173 Å². The highest BCUT2D eigenvalue weighted by Gasteiger charge is 2.61. The van der Waals surface area contributed by atoms with E-state index in [1.54, 1.807) is 0 Å². The van der Waals surface area contributed by atoms with Crippen molar-refractivity contribution in [2.24, 2.45) is 22.7 Å². The van der Waals surface area contributed by atoms with Crippen molar-refractivity contribution in [1.29, 1.82) is 0 Å². The maximum absolute atomic E-state index is 11.3. The summed E-state index contributed by atoms with van der Waals surface area (Å²) in [5.74, 6) is 0.125. The van der Waals surface area contributed by atoms with Crippen LogP contribution in [-0.2, 0) is 28.8 Å². The quantitative estimate of drug-likeness (QED) is 0.566. The molecule has 2 N–H and O–H groups in total. The van der Waals surface area contributed by atoms with Crippen LogP contribution in [0.15, 0.2) is 6.07 Å². The molecule has 7 heteroatoms. The summed E-state index contributed by atoms with van der Waals surface area (Å²) >= 11 is 0. The third-order valence-corrected chi connectivity index (χ3v) is 8.94. The lowest BCUT2D eigenvalue weighted by Crippen LogP contribution is -2.55. The summed E-state index contributed by atoms with van der Waals surface area (Å²) in [6, 6.07) is 1.35. The van der Waals surface area contributed by atoms with Crippen LogP contribution in [0.25, 0.3) is 0 Å². The van der Waals surface area contributed by atoms with Gasteiger partial charge in [0.15, 0.2) is 11.5 Å². The van der Waals surface area contributed by atoms with Crippen LogP contribution in [-0.4, -0.2) is 23.2 Å². The van der Waals surface area contributed by atoms with E-state index in [9.17, 15) is 23.2 Å². The van der Waals surface area contributed by atoms with Gasteiger partial charge in [0.05, 0.1) is 6.61 Å². The van der Waals surface area contributed by atoms with E-state index in [4.69, 9.17) is 4.18 Å². The second-order valence-corrected chi connectivity index (χ2v) is 11.5. The molecule has 0 saturated heterocycles. The number of aliphatic hydroxyl groups is 1.